The van der Waals surface area contributed by atoms with Gasteiger partial charge in [0, 0.05) is 33.0 Å². The summed E-state index contributed by atoms with van der Waals surface area (Å²) < 4.78 is 0. The first-order valence-electron chi connectivity index (χ1n) is 16.6. The van der Waals surface area contributed by atoms with E-state index in [1.54, 1.807) is 0 Å². The lowest BCUT2D eigenvalue weighted by Gasteiger charge is -2.19. The number of hydrogen-bond acceptors (Lipinski definition) is 3. The minimum Gasteiger partial charge on any atom is -0.354 e. The first-order chi connectivity index (χ1) is 24.3. The molecule has 2 aromatic heterocycles. The molecule has 0 unspecified atom stereocenters. The maximum absolute atomic E-state index is 4.93. The predicted octanol–water partition coefficient (Wildman–Crippen LogP) is 11.6. The topological polar surface area (TPSA) is 54.5 Å². The van der Waals surface area contributed by atoms with Crippen molar-refractivity contribution < 1.29 is 0 Å². The van der Waals surface area contributed by atoms with Crippen LogP contribution in [0.4, 0.5) is 0 Å². The summed E-state index contributed by atoms with van der Waals surface area (Å²) in [6.45, 7) is 0. The number of nitrogens with one attached hydrogen (secondary N) is 1. The second-order valence-corrected chi connectivity index (χ2v) is 12.5. The summed E-state index contributed by atoms with van der Waals surface area (Å²) in [7, 11) is 0. The third kappa shape index (κ3) is 4.21. The number of benzene rings is 8. The molecule has 4 nitrogen and oxygen atoms in total. The third-order valence-corrected chi connectivity index (χ3v) is 9.85. The van der Waals surface area contributed by atoms with E-state index in [0.717, 1.165) is 61.2 Å². The molecule has 0 saturated carbocycles. The van der Waals surface area contributed by atoms with Crippen molar-refractivity contribution in [2.75, 3.05) is 0 Å². The van der Waals surface area contributed by atoms with E-state index in [0.29, 0.717) is 0 Å². The normalized spacial score (nSPS) is 11.7. The first-order valence-corrected chi connectivity index (χ1v) is 16.6. The fourth-order valence-electron chi connectivity index (χ4n) is 7.74. The Morgan fingerprint density at radius 1 is 0.347 bits per heavy atom. The first kappa shape index (κ1) is 27.5. The number of aromatic amines is 1. The van der Waals surface area contributed by atoms with Gasteiger partial charge in [-0.15, -0.1) is 10.2 Å². The van der Waals surface area contributed by atoms with Crippen LogP contribution in [0.15, 0.2) is 164 Å². The van der Waals surface area contributed by atoms with E-state index in [2.05, 4.69) is 150 Å². The number of para-hydroxylation sites is 1. The summed E-state index contributed by atoms with van der Waals surface area (Å²) in [5.74, 6) is 0. The molecule has 0 bridgehead atoms. The average molecular weight is 625 g/mol. The van der Waals surface area contributed by atoms with E-state index in [1.165, 1.54) is 37.7 Å². The SMILES string of the molecule is c1ccc(-c2nnnc(-c3c(-c4cccc5c6ccccc6c6ccccc6c45)ccc4c3[nH]c3ccccc34)c2-c2ccccc2)cc1. The lowest BCUT2D eigenvalue weighted by molar-refractivity contribution is 0.879. The highest BCUT2D eigenvalue weighted by Gasteiger charge is 2.25. The van der Waals surface area contributed by atoms with Crippen molar-refractivity contribution in [1.29, 1.82) is 0 Å². The van der Waals surface area contributed by atoms with Crippen LogP contribution >= 0.6 is 0 Å². The molecule has 0 aliphatic carbocycles. The second kappa shape index (κ2) is 11.0. The van der Waals surface area contributed by atoms with Crippen LogP contribution in [0.3, 0.4) is 0 Å². The van der Waals surface area contributed by atoms with Crippen molar-refractivity contribution in [2.24, 2.45) is 0 Å². The summed E-state index contributed by atoms with van der Waals surface area (Å²) >= 11 is 0. The van der Waals surface area contributed by atoms with Gasteiger partial charge in [0.15, 0.2) is 0 Å². The Balaban J connectivity index is 1.40. The quantitative estimate of drug-likeness (QED) is 0.198. The zero-order chi connectivity index (χ0) is 32.3. The summed E-state index contributed by atoms with van der Waals surface area (Å²) in [5.41, 5.74) is 9.90. The van der Waals surface area contributed by atoms with E-state index in [1.807, 2.05) is 24.3 Å². The molecule has 228 valence electrons. The lowest BCUT2D eigenvalue weighted by Crippen LogP contribution is -2.02. The number of hydrogen-bond donors (Lipinski definition) is 1. The van der Waals surface area contributed by atoms with Gasteiger partial charge in [0.2, 0.25) is 0 Å². The van der Waals surface area contributed by atoms with Crippen molar-refractivity contribution in [3.05, 3.63) is 164 Å². The number of rotatable bonds is 4. The van der Waals surface area contributed by atoms with Crippen LogP contribution < -0.4 is 0 Å². The van der Waals surface area contributed by atoms with Crippen molar-refractivity contribution >= 4 is 54.1 Å². The molecule has 0 aliphatic heterocycles. The van der Waals surface area contributed by atoms with Crippen LogP contribution in [0.1, 0.15) is 0 Å². The van der Waals surface area contributed by atoms with Gasteiger partial charge >= 0.3 is 0 Å². The smallest absolute Gasteiger partial charge is 0.108 e. The largest absolute Gasteiger partial charge is 0.354 e. The minimum absolute atomic E-state index is 0.786. The Bertz CT molecular complexity index is 2830. The number of aromatic nitrogens is 4. The van der Waals surface area contributed by atoms with Crippen LogP contribution in [0.5, 0.6) is 0 Å². The summed E-state index contributed by atoms with van der Waals surface area (Å²) in [6, 6.07) is 58.0. The molecule has 8 aromatic carbocycles. The van der Waals surface area contributed by atoms with E-state index in [4.69, 9.17) is 10.2 Å². The lowest BCUT2D eigenvalue weighted by atomic mass is 9.85. The number of nitrogens with zero attached hydrogens (tertiary/aromatic N) is 3. The van der Waals surface area contributed by atoms with Crippen LogP contribution in [-0.2, 0) is 0 Å². The Kier molecular flexibility index (Phi) is 6.15. The van der Waals surface area contributed by atoms with E-state index in [9.17, 15) is 0 Å². The molecule has 0 amide bonds. The molecule has 4 heteroatoms. The molecular weight excluding hydrogens is 597 g/mol. The van der Waals surface area contributed by atoms with Crippen LogP contribution in [0, 0.1) is 0 Å². The van der Waals surface area contributed by atoms with Gasteiger partial charge in [-0.25, -0.2) is 0 Å². The highest BCUT2D eigenvalue weighted by atomic mass is 15.3. The van der Waals surface area contributed by atoms with Crippen molar-refractivity contribution in [1.82, 2.24) is 20.4 Å². The van der Waals surface area contributed by atoms with Crippen LogP contribution in [-0.4, -0.2) is 20.4 Å². The van der Waals surface area contributed by atoms with Gasteiger partial charge < -0.3 is 4.98 Å². The van der Waals surface area contributed by atoms with Crippen molar-refractivity contribution in [2.45, 2.75) is 0 Å². The van der Waals surface area contributed by atoms with Gasteiger partial charge in [-0.3, -0.25) is 0 Å². The molecule has 49 heavy (non-hydrogen) atoms. The van der Waals surface area contributed by atoms with Gasteiger partial charge in [0.1, 0.15) is 11.4 Å². The highest BCUT2D eigenvalue weighted by molar-refractivity contribution is 6.29. The fraction of sp³-hybridized carbons (Fsp3) is 0. The number of fused-ring (bicyclic) bond motifs is 9. The zero-order valence-electron chi connectivity index (χ0n) is 26.4. The van der Waals surface area contributed by atoms with Crippen molar-refractivity contribution in [3.8, 4) is 44.8 Å². The third-order valence-electron chi connectivity index (χ3n) is 9.85. The average Bonchev–Trinajstić information content (AvgIpc) is 3.56. The summed E-state index contributed by atoms with van der Waals surface area (Å²) in [5, 5.41) is 23.8. The maximum Gasteiger partial charge on any atom is 0.108 e. The van der Waals surface area contributed by atoms with Gasteiger partial charge in [0.05, 0.1) is 5.52 Å². The van der Waals surface area contributed by atoms with Gasteiger partial charge in [0.25, 0.3) is 0 Å². The molecule has 10 rings (SSSR count). The standard InChI is InChI=1S/C45H28N4/c1-3-14-28(15-4-1)40-43(29-16-5-2-6-17-29)47-49-48-45(40)42-37(26-27-38-33-21-11-12-25-39(33)46-44(38)42)36-24-13-23-35-32-19-8-7-18-30(32)31-20-9-10-22-34(31)41(35)36/h1-27,46H. The Hall–Kier alpha value is -6.65. The fourth-order valence-corrected chi connectivity index (χ4v) is 7.74. The molecular formula is C45H28N4. The zero-order valence-corrected chi connectivity index (χ0v) is 26.4. The van der Waals surface area contributed by atoms with Crippen LogP contribution in [0.25, 0.3) is 98.9 Å². The van der Waals surface area contributed by atoms with Gasteiger partial charge in [-0.05, 0) is 60.3 Å². The monoisotopic (exact) mass is 624 g/mol. The molecule has 0 spiro atoms. The van der Waals surface area contributed by atoms with E-state index in [-0.39, 0.29) is 0 Å². The van der Waals surface area contributed by atoms with E-state index < -0.39 is 0 Å². The Labute approximate surface area is 282 Å². The maximum atomic E-state index is 4.93. The molecule has 10 aromatic rings. The molecule has 0 atom stereocenters. The summed E-state index contributed by atoms with van der Waals surface area (Å²) in [4.78, 5) is 3.82. The van der Waals surface area contributed by atoms with Gasteiger partial charge in [-0.1, -0.05) is 158 Å². The molecule has 0 saturated heterocycles. The van der Waals surface area contributed by atoms with Crippen LogP contribution in [0.2, 0.25) is 0 Å². The highest BCUT2D eigenvalue weighted by Crippen LogP contribution is 2.48. The number of H-pyrrole nitrogens is 1. The molecule has 0 fully saturated rings. The molecule has 2 heterocycles. The second-order valence-electron chi connectivity index (χ2n) is 12.5. The predicted molar refractivity (Wildman–Crippen MR) is 203 cm³/mol. The Morgan fingerprint density at radius 3 is 1.61 bits per heavy atom. The molecule has 0 radical (unpaired) electrons. The van der Waals surface area contributed by atoms with Crippen molar-refractivity contribution in [3.63, 3.8) is 0 Å². The molecule has 0 aliphatic rings. The Morgan fingerprint density at radius 2 is 0.898 bits per heavy atom. The van der Waals surface area contributed by atoms with Gasteiger partial charge in [-0.2, -0.15) is 0 Å². The summed E-state index contributed by atoms with van der Waals surface area (Å²) in [6.07, 6.45) is 0. The van der Waals surface area contributed by atoms with E-state index >= 15 is 0 Å². The minimum atomic E-state index is 0.786. The molecule has 1 N–H and O–H groups in total.